The quantitative estimate of drug-likeness (QED) is 0.599. The molecule has 1 amide bonds. The largest absolute Gasteiger partial charge is 0.494 e. The smallest absolute Gasteiger partial charge is 0.257 e. The summed E-state index contributed by atoms with van der Waals surface area (Å²) in [5.74, 6) is -0.0918. The summed E-state index contributed by atoms with van der Waals surface area (Å²) < 4.78 is 5.09. The summed E-state index contributed by atoms with van der Waals surface area (Å²) in [4.78, 5) is 14.7. The van der Waals surface area contributed by atoms with Crippen LogP contribution in [0.2, 0.25) is 10.0 Å². The molecule has 0 fully saturated rings. The Morgan fingerprint density at radius 1 is 1.14 bits per heavy atom. The molecule has 0 saturated heterocycles. The van der Waals surface area contributed by atoms with Gasteiger partial charge in [0, 0.05) is 30.0 Å². The van der Waals surface area contributed by atoms with Crippen molar-refractivity contribution in [1.82, 2.24) is 5.32 Å². The number of methoxy groups -OCH3 is 1. The van der Waals surface area contributed by atoms with Gasteiger partial charge in [-0.25, -0.2) is 0 Å². The number of rotatable bonds is 6. The number of nitrogens with zero attached hydrogens (tertiary/aromatic N) is 1. The minimum atomic E-state index is -0.415. The summed E-state index contributed by atoms with van der Waals surface area (Å²) in [7, 11) is 1.46. The Kier molecular flexibility index (Phi) is 7.92. The van der Waals surface area contributed by atoms with Crippen molar-refractivity contribution in [1.29, 1.82) is 0 Å². The zero-order chi connectivity index (χ0) is 20.8. The highest BCUT2D eigenvalue weighted by Gasteiger charge is 2.15. The SMILES string of the molecule is CCN(CC)c1ccc(NC(=S)NC(=O)c2cc(Cl)c(OC)c(Cl)c2)c(C)c1. The second-order valence-electron chi connectivity index (χ2n) is 6.05. The zero-order valence-electron chi connectivity index (χ0n) is 16.2. The zero-order valence-corrected chi connectivity index (χ0v) is 18.6. The van der Waals surface area contributed by atoms with E-state index in [-0.39, 0.29) is 20.7 Å². The lowest BCUT2D eigenvalue weighted by molar-refractivity contribution is 0.0977. The lowest BCUT2D eigenvalue weighted by atomic mass is 10.1. The number of halogens is 2. The third kappa shape index (κ3) is 5.28. The Balaban J connectivity index is 2.09. The van der Waals surface area contributed by atoms with Gasteiger partial charge >= 0.3 is 0 Å². The fourth-order valence-corrected chi connectivity index (χ4v) is 3.63. The van der Waals surface area contributed by atoms with Gasteiger partial charge in [-0.1, -0.05) is 23.2 Å². The summed E-state index contributed by atoms with van der Waals surface area (Å²) >= 11 is 17.4. The molecular formula is C20H23Cl2N3O2S. The Morgan fingerprint density at radius 3 is 2.25 bits per heavy atom. The van der Waals surface area contributed by atoms with E-state index in [1.165, 1.54) is 19.2 Å². The maximum absolute atomic E-state index is 12.5. The molecule has 0 aliphatic heterocycles. The molecule has 0 radical (unpaired) electrons. The van der Waals surface area contributed by atoms with E-state index >= 15 is 0 Å². The van der Waals surface area contributed by atoms with Crippen LogP contribution in [0.5, 0.6) is 5.75 Å². The van der Waals surface area contributed by atoms with Crippen molar-refractivity contribution < 1.29 is 9.53 Å². The van der Waals surface area contributed by atoms with E-state index in [2.05, 4.69) is 35.4 Å². The number of carbonyl (C=O) groups excluding carboxylic acids is 1. The molecule has 0 heterocycles. The van der Waals surface area contributed by atoms with Crippen LogP contribution in [0.25, 0.3) is 0 Å². The van der Waals surface area contributed by atoms with Gasteiger partial charge in [-0.15, -0.1) is 0 Å². The summed E-state index contributed by atoms with van der Waals surface area (Å²) in [6, 6.07) is 9.02. The van der Waals surface area contributed by atoms with E-state index in [1.807, 2.05) is 19.1 Å². The molecule has 2 N–H and O–H groups in total. The third-order valence-corrected chi connectivity index (χ3v) is 5.04. The number of ether oxygens (including phenoxy) is 1. The normalized spacial score (nSPS) is 10.4. The van der Waals surface area contributed by atoms with E-state index in [4.69, 9.17) is 40.2 Å². The first kappa shape index (κ1) is 22.3. The Labute approximate surface area is 181 Å². The van der Waals surface area contributed by atoms with E-state index in [0.29, 0.717) is 5.75 Å². The highest BCUT2D eigenvalue weighted by Crippen LogP contribution is 2.33. The average molecular weight is 440 g/mol. The molecule has 150 valence electrons. The van der Waals surface area contributed by atoms with Gasteiger partial charge in [0.15, 0.2) is 10.9 Å². The van der Waals surface area contributed by atoms with Gasteiger partial charge in [-0.3, -0.25) is 10.1 Å². The summed E-state index contributed by atoms with van der Waals surface area (Å²) in [5, 5.41) is 6.38. The molecule has 0 aromatic heterocycles. The molecule has 28 heavy (non-hydrogen) atoms. The topological polar surface area (TPSA) is 53.6 Å². The molecule has 0 spiro atoms. The highest BCUT2D eigenvalue weighted by molar-refractivity contribution is 7.80. The number of carbonyl (C=O) groups is 1. The average Bonchev–Trinajstić information content (AvgIpc) is 2.64. The number of nitrogens with one attached hydrogen (secondary N) is 2. The molecule has 0 bridgehead atoms. The minimum absolute atomic E-state index is 0.187. The number of benzene rings is 2. The van der Waals surface area contributed by atoms with Gasteiger partial charge < -0.3 is 15.0 Å². The molecule has 2 rings (SSSR count). The Hall–Kier alpha value is -2.02. The van der Waals surface area contributed by atoms with Crippen LogP contribution in [0.15, 0.2) is 30.3 Å². The molecule has 0 aliphatic rings. The van der Waals surface area contributed by atoms with Crippen LogP contribution in [0.1, 0.15) is 29.8 Å². The van der Waals surface area contributed by atoms with Crippen LogP contribution >= 0.6 is 35.4 Å². The monoisotopic (exact) mass is 439 g/mol. The number of anilines is 2. The van der Waals surface area contributed by atoms with Gasteiger partial charge in [-0.05, 0) is 68.9 Å². The predicted octanol–water partition coefficient (Wildman–Crippen LogP) is 5.28. The maximum Gasteiger partial charge on any atom is 0.257 e. The molecule has 0 unspecified atom stereocenters. The van der Waals surface area contributed by atoms with E-state index in [0.717, 1.165) is 30.0 Å². The van der Waals surface area contributed by atoms with Crippen molar-refractivity contribution in [2.75, 3.05) is 30.4 Å². The number of hydrogen-bond donors (Lipinski definition) is 2. The van der Waals surface area contributed by atoms with Crippen molar-refractivity contribution in [3.63, 3.8) is 0 Å². The summed E-state index contributed by atoms with van der Waals surface area (Å²) in [6.07, 6.45) is 0. The molecule has 2 aromatic rings. The van der Waals surface area contributed by atoms with E-state index in [9.17, 15) is 4.79 Å². The standard InChI is InChI=1S/C20H23Cl2N3O2S/c1-5-25(6-2)14-7-8-17(12(3)9-14)23-20(28)24-19(26)13-10-15(21)18(27-4)16(22)11-13/h7-11H,5-6H2,1-4H3,(H2,23,24,26,28). The first-order valence-corrected chi connectivity index (χ1v) is 9.98. The predicted molar refractivity (Wildman–Crippen MR) is 121 cm³/mol. The fraction of sp³-hybridized carbons (Fsp3) is 0.300. The van der Waals surface area contributed by atoms with Gasteiger partial charge in [0.25, 0.3) is 5.91 Å². The minimum Gasteiger partial charge on any atom is -0.494 e. The van der Waals surface area contributed by atoms with Crippen LogP contribution in [0, 0.1) is 6.92 Å². The fourth-order valence-electron chi connectivity index (χ4n) is 2.79. The first-order chi connectivity index (χ1) is 13.3. The maximum atomic E-state index is 12.5. The second kappa shape index (κ2) is 9.96. The number of hydrogen-bond acceptors (Lipinski definition) is 4. The summed E-state index contributed by atoms with van der Waals surface area (Å²) in [6.45, 7) is 8.10. The number of amides is 1. The van der Waals surface area contributed by atoms with Crippen LogP contribution in [0.4, 0.5) is 11.4 Å². The van der Waals surface area contributed by atoms with Crippen molar-refractivity contribution in [2.45, 2.75) is 20.8 Å². The van der Waals surface area contributed by atoms with Crippen molar-refractivity contribution in [3.05, 3.63) is 51.5 Å². The van der Waals surface area contributed by atoms with Gasteiger partial charge in [0.2, 0.25) is 0 Å². The van der Waals surface area contributed by atoms with Gasteiger partial charge in [-0.2, -0.15) is 0 Å². The van der Waals surface area contributed by atoms with Crippen molar-refractivity contribution in [3.8, 4) is 5.75 Å². The molecule has 8 heteroatoms. The molecule has 0 aliphatic carbocycles. The summed E-state index contributed by atoms with van der Waals surface area (Å²) in [5.41, 5.74) is 3.28. The third-order valence-electron chi connectivity index (χ3n) is 4.28. The number of thiocarbonyl (C=S) groups is 1. The Bertz CT molecular complexity index is 863. The van der Waals surface area contributed by atoms with Gasteiger partial charge in [0.05, 0.1) is 17.2 Å². The van der Waals surface area contributed by atoms with Crippen LogP contribution in [-0.2, 0) is 0 Å². The Morgan fingerprint density at radius 2 is 1.75 bits per heavy atom. The lowest BCUT2D eigenvalue weighted by Gasteiger charge is -2.22. The highest BCUT2D eigenvalue weighted by atomic mass is 35.5. The molecular weight excluding hydrogens is 417 g/mol. The molecule has 2 aromatic carbocycles. The van der Waals surface area contributed by atoms with Gasteiger partial charge in [0.1, 0.15) is 0 Å². The van der Waals surface area contributed by atoms with Crippen molar-refractivity contribution in [2.24, 2.45) is 0 Å². The number of aryl methyl sites for hydroxylation is 1. The van der Waals surface area contributed by atoms with E-state index < -0.39 is 5.91 Å². The molecule has 5 nitrogen and oxygen atoms in total. The van der Waals surface area contributed by atoms with Crippen LogP contribution < -0.4 is 20.3 Å². The second-order valence-corrected chi connectivity index (χ2v) is 7.28. The van der Waals surface area contributed by atoms with Crippen LogP contribution in [0.3, 0.4) is 0 Å². The lowest BCUT2D eigenvalue weighted by Crippen LogP contribution is -2.34. The van der Waals surface area contributed by atoms with Crippen LogP contribution in [-0.4, -0.2) is 31.2 Å². The van der Waals surface area contributed by atoms with E-state index in [1.54, 1.807) is 0 Å². The molecule has 0 atom stereocenters. The van der Waals surface area contributed by atoms with Crippen molar-refractivity contribution >= 4 is 57.8 Å². The first-order valence-electron chi connectivity index (χ1n) is 8.81. The molecule has 0 saturated carbocycles.